The molecular formula is C56H42N4. The van der Waals surface area contributed by atoms with Crippen LogP contribution in [0.15, 0.2) is 200 Å². The van der Waals surface area contributed by atoms with Crippen LogP contribution < -0.4 is 0 Å². The predicted octanol–water partition coefficient (Wildman–Crippen LogP) is 14.5. The van der Waals surface area contributed by atoms with Crippen LogP contribution in [-0.4, -0.2) is 19.9 Å². The first-order chi connectivity index (χ1) is 29.3. The topological polar surface area (TPSA) is 51.6 Å². The van der Waals surface area contributed by atoms with Gasteiger partial charge in [0.05, 0.1) is 28.1 Å². The lowest BCUT2D eigenvalue weighted by Gasteiger charge is -2.21. The summed E-state index contributed by atoms with van der Waals surface area (Å²) in [5.74, 6) is 0.700. The Bertz CT molecular complexity index is 3130. The van der Waals surface area contributed by atoms with E-state index >= 15 is 0 Å². The molecule has 10 rings (SSSR count). The molecule has 10 aromatic rings. The molecule has 4 nitrogen and oxygen atoms in total. The smallest absolute Gasteiger partial charge is 0.160 e. The van der Waals surface area contributed by atoms with Crippen LogP contribution in [0.4, 0.5) is 0 Å². The van der Waals surface area contributed by atoms with E-state index in [2.05, 4.69) is 191 Å². The molecule has 0 bridgehead atoms. The molecule has 0 N–H and O–H groups in total. The molecule has 0 unspecified atom stereocenters. The van der Waals surface area contributed by atoms with Crippen LogP contribution >= 0.6 is 0 Å². The van der Waals surface area contributed by atoms with E-state index in [4.69, 9.17) is 19.9 Å². The molecule has 0 aliphatic carbocycles. The highest BCUT2D eigenvalue weighted by Gasteiger charge is 2.21. The van der Waals surface area contributed by atoms with Crippen LogP contribution in [0, 0.1) is 0 Å². The van der Waals surface area contributed by atoms with Crippen molar-refractivity contribution in [3.8, 4) is 78.5 Å². The van der Waals surface area contributed by atoms with Crippen LogP contribution in [0.3, 0.4) is 0 Å². The highest BCUT2D eigenvalue weighted by molar-refractivity contribution is 6.09. The van der Waals surface area contributed by atoms with Gasteiger partial charge in [-0.1, -0.05) is 197 Å². The van der Waals surface area contributed by atoms with E-state index in [0.717, 1.165) is 89.1 Å². The zero-order valence-corrected chi connectivity index (χ0v) is 33.8. The minimum Gasteiger partial charge on any atom is -0.250 e. The Kier molecular flexibility index (Phi) is 9.38. The molecule has 60 heavy (non-hydrogen) atoms. The summed E-state index contributed by atoms with van der Waals surface area (Å²) in [5, 5.41) is 2.16. The first kappa shape index (κ1) is 36.8. The minimum atomic E-state index is -0.164. The average Bonchev–Trinajstić information content (AvgIpc) is 3.31. The Hall–Kier alpha value is -7.56. The summed E-state index contributed by atoms with van der Waals surface area (Å²) < 4.78 is 0. The SMILES string of the molecule is CC(C)(C)c1cc(-c2cccc(-c3ccc(-c4cc(-c5ccc(-c6ccccc6)cc5)nc(-c5ccccc5)n4)cc3)c2)c2ccc3ccc(-c4ccccc4)nc3c2n1. The molecule has 7 aromatic carbocycles. The Labute approximate surface area is 351 Å². The van der Waals surface area contributed by atoms with Gasteiger partial charge in [0, 0.05) is 44.1 Å². The Morgan fingerprint density at radius 2 is 0.800 bits per heavy atom. The summed E-state index contributed by atoms with van der Waals surface area (Å²) in [6.07, 6.45) is 0. The van der Waals surface area contributed by atoms with E-state index in [1.54, 1.807) is 0 Å². The molecule has 0 atom stereocenters. The third-order valence-corrected chi connectivity index (χ3v) is 11.2. The second-order valence-electron chi connectivity index (χ2n) is 16.3. The molecule has 4 heteroatoms. The maximum absolute atomic E-state index is 5.31. The number of rotatable bonds is 7. The van der Waals surface area contributed by atoms with Gasteiger partial charge in [0.2, 0.25) is 0 Å². The number of aromatic nitrogens is 4. The zero-order chi connectivity index (χ0) is 40.6. The largest absolute Gasteiger partial charge is 0.250 e. The Morgan fingerprint density at radius 3 is 1.42 bits per heavy atom. The van der Waals surface area contributed by atoms with Gasteiger partial charge in [0.15, 0.2) is 5.82 Å². The van der Waals surface area contributed by atoms with E-state index in [1.165, 1.54) is 11.1 Å². The summed E-state index contributed by atoms with van der Waals surface area (Å²) in [5.41, 5.74) is 16.5. The second kappa shape index (κ2) is 15.3. The molecule has 0 saturated carbocycles. The van der Waals surface area contributed by atoms with Crippen LogP contribution in [0.1, 0.15) is 26.5 Å². The number of hydrogen-bond donors (Lipinski definition) is 0. The molecule has 0 aliphatic heterocycles. The van der Waals surface area contributed by atoms with Crippen molar-refractivity contribution < 1.29 is 0 Å². The molecule has 0 spiro atoms. The Balaban J connectivity index is 1.03. The second-order valence-corrected chi connectivity index (χ2v) is 16.3. The maximum atomic E-state index is 5.31. The first-order valence-electron chi connectivity index (χ1n) is 20.5. The van der Waals surface area contributed by atoms with Gasteiger partial charge in [-0.3, -0.25) is 0 Å². The van der Waals surface area contributed by atoms with Crippen molar-refractivity contribution in [3.63, 3.8) is 0 Å². The van der Waals surface area contributed by atoms with Gasteiger partial charge in [0.1, 0.15) is 0 Å². The van der Waals surface area contributed by atoms with Crippen molar-refractivity contribution in [2.24, 2.45) is 0 Å². The number of fused-ring (bicyclic) bond motifs is 3. The molecule has 0 radical (unpaired) electrons. The summed E-state index contributed by atoms with van der Waals surface area (Å²) in [6, 6.07) is 70.2. The third-order valence-electron chi connectivity index (χ3n) is 11.2. The van der Waals surface area contributed by atoms with Crippen LogP contribution in [0.2, 0.25) is 0 Å². The summed E-state index contributed by atoms with van der Waals surface area (Å²) in [4.78, 5) is 20.7. The Morgan fingerprint density at radius 1 is 0.317 bits per heavy atom. The fraction of sp³-hybridized carbons (Fsp3) is 0.0714. The van der Waals surface area contributed by atoms with Crippen molar-refractivity contribution in [1.82, 2.24) is 19.9 Å². The normalized spacial score (nSPS) is 11.6. The first-order valence-corrected chi connectivity index (χ1v) is 20.5. The third kappa shape index (κ3) is 7.25. The summed E-state index contributed by atoms with van der Waals surface area (Å²) in [7, 11) is 0. The number of hydrogen-bond acceptors (Lipinski definition) is 4. The number of benzene rings is 7. The highest BCUT2D eigenvalue weighted by atomic mass is 14.9. The molecular weight excluding hydrogens is 729 g/mol. The van der Waals surface area contributed by atoms with Crippen molar-refractivity contribution >= 4 is 21.8 Å². The molecule has 0 amide bonds. The van der Waals surface area contributed by atoms with Gasteiger partial charge in [-0.25, -0.2) is 19.9 Å². The van der Waals surface area contributed by atoms with E-state index < -0.39 is 0 Å². The predicted molar refractivity (Wildman–Crippen MR) is 249 cm³/mol. The van der Waals surface area contributed by atoms with E-state index in [1.807, 2.05) is 30.3 Å². The minimum absolute atomic E-state index is 0.164. The van der Waals surface area contributed by atoms with E-state index in [9.17, 15) is 0 Å². The molecule has 0 fully saturated rings. The zero-order valence-electron chi connectivity index (χ0n) is 33.8. The summed E-state index contributed by atoms with van der Waals surface area (Å²) in [6.45, 7) is 6.67. The van der Waals surface area contributed by atoms with Gasteiger partial charge in [-0.2, -0.15) is 0 Å². The van der Waals surface area contributed by atoms with E-state index in [0.29, 0.717) is 5.82 Å². The quantitative estimate of drug-likeness (QED) is 0.151. The van der Waals surface area contributed by atoms with Crippen molar-refractivity contribution in [2.75, 3.05) is 0 Å². The van der Waals surface area contributed by atoms with Crippen LogP contribution in [-0.2, 0) is 5.41 Å². The van der Waals surface area contributed by atoms with Crippen molar-refractivity contribution in [2.45, 2.75) is 26.2 Å². The molecule has 0 saturated heterocycles. The summed E-state index contributed by atoms with van der Waals surface area (Å²) >= 11 is 0. The van der Waals surface area contributed by atoms with Gasteiger partial charge in [-0.05, 0) is 57.6 Å². The number of nitrogens with zero attached hydrogens (tertiary/aromatic N) is 4. The average molecular weight is 771 g/mol. The fourth-order valence-electron chi connectivity index (χ4n) is 7.89. The van der Waals surface area contributed by atoms with Crippen molar-refractivity contribution in [3.05, 3.63) is 206 Å². The maximum Gasteiger partial charge on any atom is 0.160 e. The molecule has 286 valence electrons. The lowest BCUT2D eigenvalue weighted by molar-refractivity contribution is 0.572. The van der Waals surface area contributed by atoms with Gasteiger partial charge in [0.25, 0.3) is 0 Å². The standard InChI is InChI=1S/C56H42N4/c1-56(2,3)52-35-48(47-32-30-43-31-33-49(40-16-9-5-10-17-40)57-53(43)54(47)60-52)46-21-13-20-45(34-46)39-24-28-42(29-25-39)51-36-50(58-55(59-51)44-18-11-6-12-19-44)41-26-22-38(23-27-41)37-14-7-4-8-15-37/h4-36H,1-3H3. The van der Waals surface area contributed by atoms with Crippen LogP contribution in [0.25, 0.3) is 100 Å². The van der Waals surface area contributed by atoms with Gasteiger partial charge >= 0.3 is 0 Å². The van der Waals surface area contributed by atoms with Gasteiger partial charge < -0.3 is 0 Å². The lowest BCUT2D eigenvalue weighted by Crippen LogP contribution is -2.14. The van der Waals surface area contributed by atoms with Gasteiger partial charge in [-0.15, -0.1) is 0 Å². The fourth-order valence-corrected chi connectivity index (χ4v) is 7.89. The molecule has 3 heterocycles. The highest BCUT2D eigenvalue weighted by Crippen LogP contribution is 2.38. The molecule has 0 aliphatic rings. The number of pyridine rings is 2. The lowest BCUT2D eigenvalue weighted by atomic mass is 9.87. The van der Waals surface area contributed by atoms with E-state index in [-0.39, 0.29) is 5.41 Å². The van der Waals surface area contributed by atoms with Crippen molar-refractivity contribution in [1.29, 1.82) is 0 Å². The van der Waals surface area contributed by atoms with Crippen LogP contribution in [0.5, 0.6) is 0 Å². The molecule has 3 aromatic heterocycles. The monoisotopic (exact) mass is 770 g/mol.